The van der Waals surface area contributed by atoms with E-state index >= 15 is 0 Å². The van der Waals surface area contributed by atoms with Gasteiger partial charge in [-0.3, -0.25) is 9.59 Å². The van der Waals surface area contributed by atoms with Crippen LogP contribution in [0.15, 0.2) is 0 Å². The molecule has 0 radical (unpaired) electrons. The van der Waals surface area contributed by atoms with Crippen LogP contribution < -0.4 is 11.1 Å². The Hall–Kier alpha value is -1.61. The monoisotopic (exact) mass is 266 g/mol. The number of rotatable bonds is 5. The first-order valence-corrected chi connectivity index (χ1v) is 6.74. The van der Waals surface area contributed by atoms with Crippen molar-refractivity contribution in [3.63, 3.8) is 0 Å². The summed E-state index contributed by atoms with van der Waals surface area (Å²) in [5.41, 5.74) is 5.28. The average Bonchev–Trinajstić information content (AvgIpc) is 2.91. The molecule has 0 aromatic heterocycles. The van der Waals surface area contributed by atoms with Crippen LogP contribution in [-0.4, -0.2) is 41.9 Å². The summed E-state index contributed by atoms with van der Waals surface area (Å²) in [6, 6.07) is 1.19. The van der Waals surface area contributed by atoms with Crippen LogP contribution in [0.5, 0.6) is 0 Å². The highest BCUT2D eigenvalue weighted by atomic mass is 16.2. The quantitative estimate of drug-likeness (QED) is 0.731. The van der Waals surface area contributed by atoms with Crippen LogP contribution in [0.25, 0.3) is 0 Å². The molecule has 106 valence electrons. The fourth-order valence-corrected chi connectivity index (χ4v) is 2.26. The molecule has 0 aromatic carbocycles. The lowest BCUT2D eigenvalue weighted by molar-refractivity contribution is -0.137. The number of hydrogen-bond donors (Lipinski definition) is 2. The SMILES string of the molecule is CCC(C)C(NC(=O)CN)C(=O)N1CCCC1C#N. The van der Waals surface area contributed by atoms with E-state index in [9.17, 15) is 9.59 Å². The van der Waals surface area contributed by atoms with Crippen molar-refractivity contribution in [2.24, 2.45) is 11.7 Å². The zero-order valence-corrected chi connectivity index (χ0v) is 11.6. The third kappa shape index (κ3) is 3.67. The molecule has 1 heterocycles. The second-order valence-electron chi connectivity index (χ2n) is 4.95. The predicted molar refractivity (Wildman–Crippen MR) is 70.8 cm³/mol. The Morgan fingerprint density at radius 3 is 2.79 bits per heavy atom. The van der Waals surface area contributed by atoms with Crippen molar-refractivity contribution >= 4 is 11.8 Å². The third-order valence-electron chi connectivity index (χ3n) is 3.67. The van der Waals surface area contributed by atoms with Gasteiger partial charge in [0.25, 0.3) is 0 Å². The first-order valence-electron chi connectivity index (χ1n) is 6.74. The van der Waals surface area contributed by atoms with E-state index in [1.807, 2.05) is 13.8 Å². The molecule has 3 N–H and O–H groups in total. The van der Waals surface area contributed by atoms with Gasteiger partial charge in [-0.25, -0.2) is 0 Å². The van der Waals surface area contributed by atoms with Crippen molar-refractivity contribution in [1.82, 2.24) is 10.2 Å². The largest absolute Gasteiger partial charge is 0.343 e. The Morgan fingerprint density at radius 1 is 1.58 bits per heavy atom. The van der Waals surface area contributed by atoms with Crippen molar-refractivity contribution in [3.05, 3.63) is 0 Å². The van der Waals surface area contributed by atoms with Gasteiger partial charge in [0, 0.05) is 6.54 Å². The maximum Gasteiger partial charge on any atom is 0.246 e. The van der Waals surface area contributed by atoms with Crippen molar-refractivity contribution in [2.75, 3.05) is 13.1 Å². The summed E-state index contributed by atoms with van der Waals surface area (Å²) in [6.07, 6.45) is 2.31. The van der Waals surface area contributed by atoms with Gasteiger partial charge in [-0.2, -0.15) is 5.26 Å². The highest BCUT2D eigenvalue weighted by Gasteiger charge is 2.35. The fraction of sp³-hybridized carbons (Fsp3) is 0.769. The molecule has 1 aliphatic heterocycles. The molecule has 0 aromatic rings. The van der Waals surface area contributed by atoms with E-state index in [1.54, 1.807) is 4.90 Å². The average molecular weight is 266 g/mol. The highest BCUT2D eigenvalue weighted by molar-refractivity contribution is 5.89. The first-order chi connectivity index (χ1) is 9.04. The Balaban J connectivity index is 2.82. The van der Waals surface area contributed by atoms with Crippen LogP contribution >= 0.6 is 0 Å². The number of amides is 2. The van der Waals surface area contributed by atoms with E-state index in [1.165, 1.54) is 0 Å². The number of nitriles is 1. The number of likely N-dealkylation sites (tertiary alicyclic amines) is 1. The van der Waals surface area contributed by atoms with Gasteiger partial charge < -0.3 is 16.0 Å². The smallest absolute Gasteiger partial charge is 0.246 e. The molecule has 1 rings (SSSR count). The van der Waals surface area contributed by atoms with Crippen LogP contribution in [0.4, 0.5) is 0 Å². The Labute approximate surface area is 113 Å². The van der Waals surface area contributed by atoms with Crippen LogP contribution in [0.3, 0.4) is 0 Å². The van der Waals surface area contributed by atoms with Gasteiger partial charge >= 0.3 is 0 Å². The molecule has 2 amide bonds. The van der Waals surface area contributed by atoms with Gasteiger partial charge in [0.05, 0.1) is 12.6 Å². The van der Waals surface area contributed by atoms with Gasteiger partial charge in [-0.15, -0.1) is 0 Å². The number of nitrogens with one attached hydrogen (secondary N) is 1. The van der Waals surface area contributed by atoms with E-state index in [-0.39, 0.29) is 30.3 Å². The first kappa shape index (κ1) is 15.4. The summed E-state index contributed by atoms with van der Waals surface area (Å²) >= 11 is 0. The lowest BCUT2D eigenvalue weighted by atomic mass is 9.97. The molecule has 1 aliphatic rings. The Morgan fingerprint density at radius 2 is 2.26 bits per heavy atom. The molecule has 6 nitrogen and oxygen atoms in total. The lowest BCUT2D eigenvalue weighted by Crippen LogP contribution is -2.53. The van der Waals surface area contributed by atoms with E-state index in [2.05, 4.69) is 11.4 Å². The van der Waals surface area contributed by atoms with Gasteiger partial charge in [0.2, 0.25) is 11.8 Å². The summed E-state index contributed by atoms with van der Waals surface area (Å²) in [4.78, 5) is 25.5. The van der Waals surface area contributed by atoms with E-state index < -0.39 is 6.04 Å². The molecular weight excluding hydrogens is 244 g/mol. The number of hydrogen-bond acceptors (Lipinski definition) is 4. The van der Waals surface area contributed by atoms with Crippen LogP contribution in [0.2, 0.25) is 0 Å². The van der Waals surface area contributed by atoms with E-state index in [4.69, 9.17) is 11.0 Å². The summed E-state index contributed by atoms with van der Waals surface area (Å²) in [6.45, 7) is 4.33. The highest BCUT2D eigenvalue weighted by Crippen LogP contribution is 2.20. The fourth-order valence-electron chi connectivity index (χ4n) is 2.26. The number of nitrogens with zero attached hydrogens (tertiary/aromatic N) is 2. The minimum absolute atomic E-state index is 0.0166. The summed E-state index contributed by atoms with van der Waals surface area (Å²) in [5.74, 6) is -0.491. The normalized spacial score (nSPS) is 21.6. The molecule has 0 aliphatic carbocycles. The van der Waals surface area contributed by atoms with Crippen molar-refractivity contribution in [2.45, 2.75) is 45.2 Å². The Bertz CT molecular complexity index is 377. The Kier molecular flexibility index (Phi) is 5.77. The number of carbonyl (C=O) groups is 2. The van der Waals surface area contributed by atoms with Crippen LogP contribution in [0, 0.1) is 17.2 Å². The van der Waals surface area contributed by atoms with Gasteiger partial charge in [-0.1, -0.05) is 20.3 Å². The molecule has 1 saturated heterocycles. The van der Waals surface area contributed by atoms with Gasteiger partial charge in [0.1, 0.15) is 12.1 Å². The van der Waals surface area contributed by atoms with Crippen molar-refractivity contribution in [1.29, 1.82) is 5.26 Å². The maximum atomic E-state index is 12.5. The lowest BCUT2D eigenvalue weighted by Gasteiger charge is -2.29. The molecule has 6 heteroatoms. The zero-order valence-electron chi connectivity index (χ0n) is 11.6. The van der Waals surface area contributed by atoms with Crippen LogP contribution in [-0.2, 0) is 9.59 Å². The predicted octanol–water partition coefficient (Wildman–Crippen LogP) is -0.00942. The summed E-state index contributed by atoms with van der Waals surface area (Å²) in [7, 11) is 0. The second kappa shape index (κ2) is 7.10. The molecule has 3 atom stereocenters. The number of carbonyl (C=O) groups excluding carboxylic acids is 2. The molecular formula is C13H22N4O2. The van der Waals surface area contributed by atoms with Crippen molar-refractivity contribution < 1.29 is 9.59 Å². The second-order valence-corrected chi connectivity index (χ2v) is 4.95. The molecule has 1 fully saturated rings. The van der Waals surface area contributed by atoms with Gasteiger partial charge in [-0.05, 0) is 18.8 Å². The molecule has 19 heavy (non-hydrogen) atoms. The summed E-state index contributed by atoms with van der Waals surface area (Å²) in [5, 5.41) is 11.7. The standard InChI is InChI=1S/C13H22N4O2/c1-3-9(2)12(16-11(18)8-15)13(19)17-6-4-5-10(17)7-14/h9-10,12H,3-6,8,15H2,1-2H3,(H,16,18). The molecule has 0 saturated carbocycles. The van der Waals surface area contributed by atoms with Gasteiger partial charge in [0.15, 0.2) is 0 Å². The molecule has 0 bridgehead atoms. The molecule has 0 spiro atoms. The number of nitrogens with two attached hydrogens (primary N) is 1. The maximum absolute atomic E-state index is 12.5. The molecule has 3 unspecified atom stereocenters. The summed E-state index contributed by atoms with van der Waals surface area (Å²) < 4.78 is 0. The van der Waals surface area contributed by atoms with Crippen LogP contribution in [0.1, 0.15) is 33.1 Å². The minimum atomic E-state index is -0.588. The van der Waals surface area contributed by atoms with E-state index in [0.29, 0.717) is 13.0 Å². The van der Waals surface area contributed by atoms with Crippen molar-refractivity contribution in [3.8, 4) is 6.07 Å². The van der Waals surface area contributed by atoms with E-state index in [0.717, 1.165) is 12.8 Å². The third-order valence-corrected chi connectivity index (χ3v) is 3.67. The zero-order chi connectivity index (χ0) is 14.4. The topological polar surface area (TPSA) is 99.2 Å². The minimum Gasteiger partial charge on any atom is -0.343 e.